The number of fused-ring (bicyclic) bond motifs is 1. The molecule has 0 bridgehead atoms. The number of amides is 1. The van der Waals surface area contributed by atoms with Gasteiger partial charge in [-0.05, 0) is 31.7 Å². The van der Waals surface area contributed by atoms with Crippen LogP contribution in [0.5, 0.6) is 5.75 Å². The lowest BCUT2D eigenvalue weighted by Crippen LogP contribution is -2.40. The van der Waals surface area contributed by atoms with Gasteiger partial charge in [-0.3, -0.25) is 9.78 Å². The van der Waals surface area contributed by atoms with Crippen LogP contribution in [-0.2, 0) is 0 Å². The number of benzene rings is 1. The number of nitrogens with zero attached hydrogens (tertiary/aromatic N) is 2. The molecule has 7 nitrogen and oxygen atoms in total. The minimum absolute atomic E-state index is 0.118. The minimum atomic E-state index is -4.28. The van der Waals surface area contributed by atoms with E-state index < -0.39 is 36.4 Å². The van der Waals surface area contributed by atoms with Gasteiger partial charge in [-0.2, -0.15) is 22.0 Å². The molecule has 0 spiro atoms. The fourth-order valence-corrected chi connectivity index (χ4v) is 4.40. The first kappa shape index (κ1) is 25.2. The van der Waals surface area contributed by atoms with Crippen LogP contribution >= 0.6 is 23.2 Å². The molecule has 1 amide bonds. The van der Waals surface area contributed by atoms with Gasteiger partial charge in [0.25, 0.3) is 5.91 Å². The quantitative estimate of drug-likeness (QED) is 0.314. The summed E-state index contributed by atoms with van der Waals surface area (Å²) in [6.45, 7) is -3.21. The van der Waals surface area contributed by atoms with Crippen LogP contribution in [-0.4, -0.2) is 39.7 Å². The van der Waals surface area contributed by atoms with E-state index in [0.29, 0.717) is 5.69 Å². The predicted molar refractivity (Wildman–Crippen MR) is 120 cm³/mol. The molecule has 2 heterocycles. The Morgan fingerprint density at radius 1 is 1.11 bits per heavy atom. The summed E-state index contributed by atoms with van der Waals surface area (Å²) >= 11 is 12.2. The molecular formula is C21H18Cl2F5N5O2. The minimum Gasteiger partial charge on any atom is -0.434 e. The Kier molecular flexibility index (Phi) is 7.22. The molecule has 1 saturated carbocycles. The van der Waals surface area contributed by atoms with E-state index in [1.165, 1.54) is 24.5 Å². The van der Waals surface area contributed by atoms with Crippen molar-refractivity contribution in [2.45, 2.75) is 44.5 Å². The van der Waals surface area contributed by atoms with Gasteiger partial charge in [0.1, 0.15) is 5.75 Å². The number of rotatable bonds is 6. The Labute approximate surface area is 205 Å². The summed E-state index contributed by atoms with van der Waals surface area (Å²) < 4.78 is 69.3. The number of aromatic amines is 1. The number of alkyl halides is 5. The van der Waals surface area contributed by atoms with Crippen LogP contribution in [0.4, 0.5) is 33.6 Å². The number of anilines is 2. The number of halogens is 7. The molecule has 4 rings (SSSR count). The van der Waals surface area contributed by atoms with Gasteiger partial charge >= 0.3 is 12.8 Å². The second-order valence-corrected chi connectivity index (χ2v) is 8.81. The highest BCUT2D eigenvalue weighted by molar-refractivity contribution is 6.39. The van der Waals surface area contributed by atoms with Gasteiger partial charge < -0.3 is 20.4 Å². The average molecular weight is 538 g/mol. The van der Waals surface area contributed by atoms with Crippen molar-refractivity contribution in [3.05, 3.63) is 40.1 Å². The number of carbonyl (C=O) groups excluding carboxylic acids is 1. The van der Waals surface area contributed by atoms with E-state index in [-0.39, 0.29) is 58.3 Å². The molecule has 35 heavy (non-hydrogen) atoms. The molecule has 3 aromatic rings. The first-order valence-corrected chi connectivity index (χ1v) is 11.2. The fraction of sp³-hybridized carbons (Fsp3) is 0.381. The molecule has 0 unspecified atom stereocenters. The van der Waals surface area contributed by atoms with Crippen LogP contribution in [0.15, 0.2) is 24.5 Å². The van der Waals surface area contributed by atoms with Crippen LogP contribution in [0.2, 0.25) is 10.0 Å². The largest absolute Gasteiger partial charge is 0.434 e. The number of ether oxygens (including phenoxy) is 1. The summed E-state index contributed by atoms with van der Waals surface area (Å²) in [7, 11) is 0. The first-order valence-electron chi connectivity index (χ1n) is 10.4. The van der Waals surface area contributed by atoms with Crippen molar-refractivity contribution < 1.29 is 31.5 Å². The second-order valence-electron chi connectivity index (χ2n) is 8.00. The lowest BCUT2D eigenvalue weighted by molar-refractivity contribution is -0.182. The van der Waals surface area contributed by atoms with Crippen molar-refractivity contribution >= 4 is 51.8 Å². The molecule has 1 fully saturated rings. The number of hydrogen-bond donors (Lipinski definition) is 3. The van der Waals surface area contributed by atoms with Crippen LogP contribution in [0.1, 0.15) is 36.0 Å². The normalized spacial score (nSPS) is 18.6. The number of carbonyl (C=O) groups is 1. The second kappa shape index (κ2) is 10.0. The molecule has 188 valence electrons. The van der Waals surface area contributed by atoms with E-state index in [2.05, 4.69) is 30.3 Å². The Morgan fingerprint density at radius 2 is 1.77 bits per heavy atom. The summed E-state index contributed by atoms with van der Waals surface area (Å²) in [5.74, 6) is -2.43. The van der Waals surface area contributed by atoms with E-state index in [0.717, 1.165) is 0 Å². The summed E-state index contributed by atoms with van der Waals surface area (Å²) in [4.78, 5) is 23.9. The van der Waals surface area contributed by atoms with E-state index >= 15 is 0 Å². The standard InChI is InChI=1S/C21H18Cl2F5N5O2/c22-12-7-29-8-13(23)17(12)33-20-31-14-5-11(16(35-19(24)25)6-15(14)32-20)18(34)30-10-3-1-9(2-4-10)21(26,27)28/h5-10,19H,1-4H2,(H,30,34)(H2,29,31,32,33). The molecule has 3 N–H and O–H groups in total. The molecule has 14 heteroatoms. The van der Waals surface area contributed by atoms with Crippen molar-refractivity contribution in [2.24, 2.45) is 5.92 Å². The number of hydrogen-bond acceptors (Lipinski definition) is 5. The van der Waals surface area contributed by atoms with Gasteiger partial charge in [0.05, 0.1) is 38.2 Å². The summed E-state index contributed by atoms with van der Waals surface area (Å²) in [5, 5.41) is 5.91. The van der Waals surface area contributed by atoms with Crippen LogP contribution in [0.3, 0.4) is 0 Å². The third-order valence-electron chi connectivity index (χ3n) is 5.67. The maximum atomic E-state index is 13.0. The van der Waals surface area contributed by atoms with Crippen molar-refractivity contribution in [3.63, 3.8) is 0 Å². The van der Waals surface area contributed by atoms with E-state index in [9.17, 15) is 26.7 Å². The summed E-state index contributed by atoms with van der Waals surface area (Å²) in [6.07, 6.45) is -1.57. The van der Waals surface area contributed by atoms with Gasteiger partial charge in [-0.25, -0.2) is 4.98 Å². The van der Waals surface area contributed by atoms with E-state index in [1.807, 2.05) is 0 Å². The lowest BCUT2D eigenvalue weighted by atomic mass is 9.85. The fourth-order valence-electron chi connectivity index (χ4n) is 3.94. The van der Waals surface area contributed by atoms with Crippen LogP contribution in [0.25, 0.3) is 11.0 Å². The SMILES string of the molecule is O=C(NC1CCC(C(F)(F)F)CC1)c1cc2nc(Nc3c(Cl)cncc3Cl)[nH]c2cc1OC(F)F. The Hall–Kier alpha value is -2.86. The van der Waals surface area contributed by atoms with Gasteiger partial charge in [0.15, 0.2) is 0 Å². The Balaban J connectivity index is 1.57. The van der Waals surface area contributed by atoms with Gasteiger partial charge in [0.2, 0.25) is 5.95 Å². The lowest BCUT2D eigenvalue weighted by Gasteiger charge is -2.30. The van der Waals surface area contributed by atoms with Gasteiger partial charge in [-0.15, -0.1) is 0 Å². The molecule has 0 aliphatic heterocycles. The molecule has 1 aromatic carbocycles. The van der Waals surface area contributed by atoms with Crippen molar-refractivity contribution in [2.75, 3.05) is 5.32 Å². The van der Waals surface area contributed by atoms with Crippen LogP contribution in [0, 0.1) is 5.92 Å². The zero-order valence-corrected chi connectivity index (χ0v) is 19.2. The van der Waals surface area contributed by atoms with E-state index in [4.69, 9.17) is 23.2 Å². The molecule has 2 aromatic heterocycles. The Morgan fingerprint density at radius 3 is 2.37 bits per heavy atom. The average Bonchev–Trinajstić information content (AvgIpc) is 3.16. The maximum absolute atomic E-state index is 13.0. The number of imidazole rings is 1. The zero-order chi connectivity index (χ0) is 25.3. The molecule has 0 radical (unpaired) electrons. The molecular weight excluding hydrogens is 520 g/mol. The van der Waals surface area contributed by atoms with Crippen molar-refractivity contribution in [1.82, 2.24) is 20.3 Å². The molecule has 1 aliphatic rings. The third-order valence-corrected chi connectivity index (χ3v) is 6.24. The number of aromatic nitrogens is 3. The van der Waals surface area contributed by atoms with E-state index in [1.54, 1.807) is 0 Å². The topological polar surface area (TPSA) is 91.9 Å². The maximum Gasteiger partial charge on any atom is 0.391 e. The molecule has 0 saturated heterocycles. The van der Waals surface area contributed by atoms with Gasteiger partial charge in [0, 0.05) is 24.5 Å². The number of pyridine rings is 1. The third kappa shape index (κ3) is 5.87. The highest BCUT2D eigenvalue weighted by atomic mass is 35.5. The van der Waals surface area contributed by atoms with Gasteiger partial charge in [-0.1, -0.05) is 23.2 Å². The molecule has 1 aliphatic carbocycles. The number of nitrogens with one attached hydrogen (secondary N) is 3. The smallest absolute Gasteiger partial charge is 0.391 e. The van der Waals surface area contributed by atoms with Crippen molar-refractivity contribution in [3.8, 4) is 5.75 Å². The number of H-pyrrole nitrogens is 1. The predicted octanol–water partition coefficient (Wildman–Crippen LogP) is 6.46. The summed E-state index contributed by atoms with van der Waals surface area (Å²) in [6, 6.07) is 1.91. The summed E-state index contributed by atoms with van der Waals surface area (Å²) in [5.41, 5.74) is 0.584. The monoisotopic (exact) mass is 537 g/mol. The van der Waals surface area contributed by atoms with Crippen LogP contribution < -0.4 is 15.4 Å². The first-order chi connectivity index (χ1) is 16.5. The highest BCUT2D eigenvalue weighted by Gasteiger charge is 2.41. The Bertz CT molecular complexity index is 1210. The zero-order valence-electron chi connectivity index (χ0n) is 17.7. The van der Waals surface area contributed by atoms with Crippen molar-refractivity contribution in [1.29, 1.82) is 0 Å². The molecule has 0 atom stereocenters. The highest BCUT2D eigenvalue weighted by Crippen LogP contribution is 2.38.